The van der Waals surface area contributed by atoms with E-state index in [4.69, 9.17) is 0 Å². The number of rotatable bonds is 1. The van der Waals surface area contributed by atoms with Gasteiger partial charge in [-0.05, 0) is 13.0 Å². The summed E-state index contributed by atoms with van der Waals surface area (Å²) in [5.74, 6) is 0. The zero-order valence-electron chi connectivity index (χ0n) is 6.91. The van der Waals surface area contributed by atoms with E-state index in [-0.39, 0.29) is 0 Å². The summed E-state index contributed by atoms with van der Waals surface area (Å²) < 4.78 is 0. The second kappa shape index (κ2) is 2.81. The molecule has 0 radical (unpaired) electrons. The van der Waals surface area contributed by atoms with Crippen molar-refractivity contribution in [3.63, 3.8) is 0 Å². The lowest BCUT2D eigenvalue weighted by Crippen LogP contribution is -1.77. The summed E-state index contributed by atoms with van der Waals surface area (Å²) in [4.78, 5) is 0. The first-order valence-corrected chi connectivity index (χ1v) is 3.93. The number of hydrogen-bond donors (Lipinski definition) is 1. The van der Waals surface area contributed by atoms with Gasteiger partial charge in [0.2, 0.25) is 0 Å². The number of aromatic amines is 1. The molecule has 0 fully saturated rings. The molecule has 0 saturated heterocycles. The van der Waals surface area contributed by atoms with E-state index in [2.05, 4.69) is 41.4 Å². The highest BCUT2D eigenvalue weighted by molar-refractivity contribution is 5.58. The van der Waals surface area contributed by atoms with Gasteiger partial charge in [0.25, 0.3) is 0 Å². The van der Waals surface area contributed by atoms with E-state index in [1.807, 2.05) is 12.3 Å². The van der Waals surface area contributed by atoms with Gasteiger partial charge in [0.15, 0.2) is 0 Å². The second-order valence-electron chi connectivity index (χ2n) is 2.83. The fourth-order valence-corrected chi connectivity index (χ4v) is 1.15. The van der Waals surface area contributed by atoms with Gasteiger partial charge < -0.3 is 0 Å². The van der Waals surface area contributed by atoms with Crippen LogP contribution >= 0.6 is 0 Å². The Morgan fingerprint density at radius 2 is 1.83 bits per heavy atom. The average Bonchev–Trinajstić information content (AvgIpc) is 2.58. The molecule has 0 bridgehead atoms. The Balaban J connectivity index is 2.43. The van der Waals surface area contributed by atoms with Gasteiger partial charge in [-0.1, -0.05) is 29.8 Å². The minimum atomic E-state index is 0.995. The number of nitrogens with one attached hydrogen (secondary N) is 1. The Kier molecular flexibility index (Phi) is 1.67. The van der Waals surface area contributed by atoms with Gasteiger partial charge in [-0.15, -0.1) is 0 Å². The predicted molar refractivity (Wildman–Crippen MR) is 48.8 cm³/mol. The number of H-pyrrole nitrogens is 1. The van der Waals surface area contributed by atoms with Crippen LogP contribution in [0.5, 0.6) is 0 Å². The lowest BCUT2D eigenvalue weighted by atomic mass is 10.1. The van der Waals surface area contributed by atoms with Crippen molar-refractivity contribution in [3.8, 4) is 11.3 Å². The molecule has 2 rings (SSSR count). The van der Waals surface area contributed by atoms with Gasteiger partial charge in [0, 0.05) is 11.8 Å². The third-order valence-electron chi connectivity index (χ3n) is 1.85. The highest BCUT2D eigenvalue weighted by Crippen LogP contribution is 2.15. The summed E-state index contributed by atoms with van der Waals surface area (Å²) in [5, 5.41) is 6.88. The second-order valence-corrected chi connectivity index (χ2v) is 2.83. The highest BCUT2D eigenvalue weighted by atomic mass is 15.1. The van der Waals surface area contributed by atoms with Gasteiger partial charge in [-0.2, -0.15) is 5.10 Å². The molecule has 1 heterocycles. The topological polar surface area (TPSA) is 28.7 Å². The average molecular weight is 158 g/mol. The first-order valence-electron chi connectivity index (χ1n) is 3.93. The quantitative estimate of drug-likeness (QED) is 0.678. The molecule has 0 unspecified atom stereocenters. The van der Waals surface area contributed by atoms with Crippen LogP contribution in [0.2, 0.25) is 0 Å². The fraction of sp³-hybridized carbons (Fsp3) is 0.100. The maximum atomic E-state index is 4.09. The molecular weight excluding hydrogens is 148 g/mol. The SMILES string of the molecule is Cc1ccc(-c2cc[nH]n2)cc1. The molecule has 12 heavy (non-hydrogen) atoms. The van der Waals surface area contributed by atoms with Crippen molar-refractivity contribution in [2.45, 2.75) is 6.92 Å². The smallest absolute Gasteiger partial charge is 0.0920 e. The Morgan fingerprint density at radius 1 is 1.08 bits per heavy atom. The molecule has 2 nitrogen and oxygen atoms in total. The molecule has 0 aliphatic heterocycles. The van der Waals surface area contributed by atoms with E-state index in [1.165, 1.54) is 5.56 Å². The monoisotopic (exact) mass is 158 g/mol. The molecule has 0 aliphatic carbocycles. The van der Waals surface area contributed by atoms with E-state index in [0.29, 0.717) is 0 Å². The normalized spacial score (nSPS) is 10.1. The Morgan fingerprint density at radius 3 is 2.42 bits per heavy atom. The molecule has 1 aromatic carbocycles. The minimum absolute atomic E-state index is 0.995. The first-order chi connectivity index (χ1) is 5.86. The van der Waals surface area contributed by atoms with Crippen molar-refractivity contribution in [1.29, 1.82) is 0 Å². The van der Waals surface area contributed by atoms with E-state index < -0.39 is 0 Å². The summed E-state index contributed by atoms with van der Waals surface area (Å²) in [6.45, 7) is 2.08. The van der Waals surface area contributed by atoms with Crippen LogP contribution in [0.1, 0.15) is 5.56 Å². The van der Waals surface area contributed by atoms with Crippen LogP contribution in [0.25, 0.3) is 11.3 Å². The van der Waals surface area contributed by atoms with Crippen LogP contribution in [-0.4, -0.2) is 10.2 Å². The van der Waals surface area contributed by atoms with Crippen LogP contribution in [-0.2, 0) is 0 Å². The summed E-state index contributed by atoms with van der Waals surface area (Å²) >= 11 is 0. The van der Waals surface area contributed by atoms with Gasteiger partial charge in [-0.3, -0.25) is 5.10 Å². The molecule has 1 N–H and O–H groups in total. The zero-order chi connectivity index (χ0) is 8.39. The molecule has 0 saturated carbocycles. The maximum absolute atomic E-state index is 4.09. The summed E-state index contributed by atoms with van der Waals surface area (Å²) in [6, 6.07) is 10.3. The van der Waals surface area contributed by atoms with E-state index in [9.17, 15) is 0 Å². The molecule has 60 valence electrons. The number of aromatic nitrogens is 2. The van der Waals surface area contributed by atoms with Crippen molar-refractivity contribution < 1.29 is 0 Å². The lowest BCUT2D eigenvalue weighted by molar-refractivity contribution is 1.09. The van der Waals surface area contributed by atoms with Crippen molar-refractivity contribution in [2.75, 3.05) is 0 Å². The van der Waals surface area contributed by atoms with Crippen LogP contribution in [0.15, 0.2) is 36.5 Å². The van der Waals surface area contributed by atoms with E-state index in [1.54, 1.807) is 0 Å². The zero-order valence-corrected chi connectivity index (χ0v) is 6.91. The van der Waals surface area contributed by atoms with Crippen molar-refractivity contribution in [3.05, 3.63) is 42.1 Å². The van der Waals surface area contributed by atoms with E-state index >= 15 is 0 Å². The van der Waals surface area contributed by atoms with Gasteiger partial charge >= 0.3 is 0 Å². The number of nitrogens with zero attached hydrogens (tertiary/aromatic N) is 1. The maximum Gasteiger partial charge on any atom is 0.0920 e. The molecule has 1 aromatic heterocycles. The highest BCUT2D eigenvalue weighted by Gasteiger charge is 1.96. The first kappa shape index (κ1) is 7.10. The van der Waals surface area contributed by atoms with Crippen molar-refractivity contribution in [2.24, 2.45) is 0 Å². The van der Waals surface area contributed by atoms with E-state index in [0.717, 1.165) is 11.3 Å². The number of aryl methyl sites for hydroxylation is 1. The summed E-state index contributed by atoms with van der Waals surface area (Å²) in [7, 11) is 0. The standard InChI is InChI=1S/C10H10N2/c1-8-2-4-9(5-3-8)10-6-7-11-12-10/h2-7H,1H3,(H,11,12). The Bertz CT molecular complexity index is 346. The molecule has 2 aromatic rings. The van der Waals surface area contributed by atoms with Gasteiger partial charge in [0.05, 0.1) is 5.69 Å². The molecule has 2 heteroatoms. The molecule has 0 amide bonds. The van der Waals surface area contributed by atoms with Crippen molar-refractivity contribution in [1.82, 2.24) is 10.2 Å². The molecular formula is C10H10N2. The van der Waals surface area contributed by atoms with Crippen LogP contribution in [0.3, 0.4) is 0 Å². The van der Waals surface area contributed by atoms with Crippen LogP contribution in [0, 0.1) is 6.92 Å². The molecule has 0 atom stereocenters. The third kappa shape index (κ3) is 1.23. The predicted octanol–water partition coefficient (Wildman–Crippen LogP) is 2.39. The fourth-order valence-electron chi connectivity index (χ4n) is 1.15. The minimum Gasteiger partial charge on any atom is -0.285 e. The summed E-state index contributed by atoms with van der Waals surface area (Å²) in [5.41, 5.74) is 3.42. The number of benzene rings is 1. The Labute approximate surface area is 71.3 Å². The molecule has 0 spiro atoms. The van der Waals surface area contributed by atoms with Crippen molar-refractivity contribution >= 4 is 0 Å². The number of hydrogen-bond acceptors (Lipinski definition) is 1. The van der Waals surface area contributed by atoms with Gasteiger partial charge in [0.1, 0.15) is 0 Å². The van der Waals surface area contributed by atoms with Crippen LogP contribution < -0.4 is 0 Å². The van der Waals surface area contributed by atoms with Gasteiger partial charge in [-0.25, -0.2) is 0 Å². The van der Waals surface area contributed by atoms with Crippen LogP contribution in [0.4, 0.5) is 0 Å². The largest absolute Gasteiger partial charge is 0.285 e. The third-order valence-corrected chi connectivity index (χ3v) is 1.85. The lowest BCUT2D eigenvalue weighted by Gasteiger charge is -1.95. The summed E-state index contributed by atoms with van der Waals surface area (Å²) in [6.07, 6.45) is 1.83. The Hall–Kier alpha value is -1.57. The molecule has 0 aliphatic rings.